The molecule has 0 aliphatic carbocycles. The van der Waals surface area contributed by atoms with Crippen LogP contribution in [0.4, 0.5) is 0 Å². The molecule has 2 nitrogen and oxygen atoms in total. The fourth-order valence-electron chi connectivity index (χ4n) is 1.42. The van der Waals surface area contributed by atoms with E-state index in [0.29, 0.717) is 12.2 Å². The summed E-state index contributed by atoms with van der Waals surface area (Å²) in [5, 5.41) is 0.805. The Hall–Kier alpha value is -0.830. The van der Waals surface area contributed by atoms with Gasteiger partial charge in [0.1, 0.15) is 0 Å². The van der Waals surface area contributed by atoms with Crippen LogP contribution in [0.15, 0.2) is 18.2 Å². The van der Waals surface area contributed by atoms with Crippen LogP contribution in [-0.4, -0.2) is 12.6 Å². The van der Waals surface area contributed by atoms with E-state index in [2.05, 4.69) is 22.9 Å². The fourth-order valence-corrected chi connectivity index (χ4v) is 1.77. The summed E-state index contributed by atoms with van der Waals surface area (Å²) in [6, 6.07) is 5.78. The van der Waals surface area contributed by atoms with Gasteiger partial charge in [-0.3, -0.25) is 0 Å². The van der Waals surface area contributed by atoms with Crippen molar-refractivity contribution < 1.29 is 9.53 Å². The maximum Gasteiger partial charge on any atom is 0.338 e. The van der Waals surface area contributed by atoms with Crippen LogP contribution in [0.2, 0.25) is 0 Å². The van der Waals surface area contributed by atoms with Crippen molar-refractivity contribution in [3.8, 4) is 0 Å². The summed E-state index contributed by atoms with van der Waals surface area (Å²) in [6.07, 6.45) is 1.96. The standard InChI is InChI=1S/C13H17BrO2/c1-3-4-7-16-13(15)12-6-5-11(9-14)8-10(12)2/h5-6,8H,3-4,7,9H2,1-2H3. The molecule has 0 aliphatic rings. The average molecular weight is 285 g/mol. The van der Waals surface area contributed by atoms with Gasteiger partial charge in [-0.25, -0.2) is 4.79 Å². The number of benzene rings is 1. The molecule has 1 aromatic carbocycles. The van der Waals surface area contributed by atoms with Crippen LogP contribution in [0.3, 0.4) is 0 Å². The molecule has 0 atom stereocenters. The average Bonchev–Trinajstić information content (AvgIpc) is 2.29. The molecular formula is C13H17BrO2. The lowest BCUT2D eigenvalue weighted by Crippen LogP contribution is -2.08. The highest BCUT2D eigenvalue weighted by Gasteiger charge is 2.10. The van der Waals surface area contributed by atoms with Gasteiger partial charge in [0.2, 0.25) is 0 Å². The molecule has 0 aliphatic heterocycles. The van der Waals surface area contributed by atoms with E-state index >= 15 is 0 Å². The number of rotatable bonds is 5. The van der Waals surface area contributed by atoms with Gasteiger partial charge in [0.15, 0.2) is 0 Å². The van der Waals surface area contributed by atoms with Crippen molar-refractivity contribution in [1.29, 1.82) is 0 Å². The summed E-state index contributed by atoms with van der Waals surface area (Å²) < 4.78 is 5.17. The summed E-state index contributed by atoms with van der Waals surface area (Å²) in [7, 11) is 0. The molecule has 0 unspecified atom stereocenters. The number of hydrogen-bond acceptors (Lipinski definition) is 2. The zero-order chi connectivity index (χ0) is 12.0. The lowest BCUT2D eigenvalue weighted by atomic mass is 10.1. The number of carbonyl (C=O) groups is 1. The smallest absolute Gasteiger partial charge is 0.338 e. The third-order valence-corrected chi connectivity index (χ3v) is 3.04. The number of halogens is 1. The van der Waals surface area contributed by atoms with Crippen LogP contribution in [0.25, 0.3) is 0 Å². The molecule has 0 bridgehead atoms. The molecule has 3 heteroatoms. The second-order valence-electron chi connectivity index (χ2n) is 3.77. The molecular weight excluding hydrogens is 268 g/mol. The Balaban J connectivity index is 2.68. The molecule has 0 amide bonds. The number of hydrogen-bond donors (Lipinski definition) is 0. The Morgan fingerprint density at radius 2 is 2.19 bits per heavy atom. The van der Waals surface area contributed by atoms with Gasteiger partial charge in [-0.05, 0) is 30.5 Å². The predicted octanol–water partition coefficient (Wildman–Crippen LogP) is 3.85. The van der Waals surface area contributed by atoms with E-state index in [1.807, 2.05) is 25.1 Å². The number of alkyl halides is 1. The monoisotopic (exact) mass is 284 g/mol. The first-order chi connectivity index (χ1) is 7.69. The normalized spacial score (nSPS) is 10.2. The SMILES string of the molecule is CCCCOC(=O)c1ccc(CBr)cc1C. The lowest BCUT2D eigenvalue weighted by molar-refractivity contribution is 0.0499. The van der Waals surface area contributed by atoms with Gasteiger partial charge in [0, 0.05) is 5.33 Å². The van der Waals surface area contributed by atoms with Gasteiger partial charge in [-0.1, -0.05) is 41.4 Å². The summed E-state index contributed by atoms with van der Waals surface area (Å²) in [4.78, 5) is 11.7. The van der Waals surface area contributed by atoms with E-state index < -0.39 is 0 Å². The largest absolute Gasteiger partial charge is 0.462 e. The fraction of sp³-hybridized carbons (Fsp3) is 0.462. The quantitative estimate of drug-likeness (QED) is 0.466. The molecule has 88 valence electrons. The molecule has 0 aromatic heterocycles. The van der Waals surface area contributed by atoms with Gasteiger partial charge in [0.25, 0.3) is 0 Å². The minimum absolute atomic E-state index is 0.216. The van der Waals surface area contributed by atoms with E-state index in [-0.39, 0.29) is 5.97 Å². The summed E-state index contributed by atoms with van der Waals surface area (Å²) >= 11 is 3.39. The molecule has 0 radical (unpaired) electrons. The number of unbranched alkanes of at least 4 members (excludes halogenated alkanes) is 1. The van der Waals surface area contributed by atoms with E-state index in [0.717, 1.165) is 23.7 Å². The molecule has 0 heterocycles. The van der Waals surface area contributed by atoms with Crippen molar-refractivity contribution in [1.82, 2.24) is 0 Å². The van der Waals surface area contributed by atoms with Crippen molar-refractivity contribution in [2.45, 2.75) is 32.0 Å². The third-order valence-electron chi connectivity index (χ3n) is 2.40. The highest BCUT2D eigenvalue weighted by atomic mass is 79.9. The van der Waals surface area contributed by atoms with E-state index in [9.17, 15) is 4.79 Å². The number of ether oxygens (including phenoxy) is 1. The van der Waals surface area contributed by atoms with Crippen molar-refractivity contribution in [3.63, 3.8) is 0 Å². The van der Waals surface area contributed by atoms with Crippen LogP contribution in [0.5, 0.6) is 0 Å². The minimum Gasteiger partial charge on any atom is -0.462 e. The van der Waals surface area contributed by atoms with Gasteiger partial charge < -0.3 is 4.74 Å². The van der Waals surface area contributed by atoms with Crippen LogP contribution in [-0.2, 0) is 10.1 Å². The maximum absolute atomic E-state index is 11.7. The molecule has 0 saturated heterocycles. The highest BCUT2D eigenvalue weighted by molar-refractivity contribution is 9.08. The van der Waals surface area contributed by atoms with Crippen LogP contribution in [0, 0.1) is 6.92 Å². The van der Waals surface area contributed by atoms with Crippen molar-refractivity contribution in [2.75, 3.05) is 6.61 Å². The predicted molar refractivity (Wildman–Crippen MR) is 69.0 cm³/mol. The van der Waals surface area contributed by atoms with Gasteiger partial charge in [-0.2, -0.15) is 0 Å². The number of carbonyl (C=O) groups excluding carboxylic acids is 1. The molecule has 0 fully saturated rings. The van der Waals surface area contributed by atoms with Crippen molar-refractivity contribution in [2.24, 2.45) is 0 Å². The summed E-state index contributed by atoms with van der Waals surface area (Å²) in [5.74, 6) is -0.216. The van der Waals surface area contributed by atoms with Crippen LogP contribution >= 0.6 is 15.9 Å². The first-order valence-electron chi connectivity index (χ1n) is 5.51. The number of aryl methyl sites for hydroxylation is 1. The zero-order valence-corrected chi connectivity index (χ0v) is 11.3. The van der Waals surface area contributed by atoms with Gasteiger partial charge in [-0.15, -0.1) is 0 Å². The van der Waals surface area contributed by atoms with Gasteiger partial charge in [0.05, 0.1) is 12.2 Å². The zero-order valence-electron chi connectivity index (χ0n) is 9.75. The number of esters is 1. The Kier molecular flexibility index (Phi) is 5.53. The Morgan fingerprint density at radius 3 is 2.75 bits per heavy atom. The molecule has 16 heavy (non-hydrogen) atoms. The Labute approximate surface area is 105 Å². The first-order valence-corrected chi connectivity index (χ1v) is 6.63. The highest BCUT2D eigenvalue weighted by Crippen LogP contribution is 2.14. The molecule has 0 saturated carbocycles. The van der Waals surface area contributed by atoms with Crippen LogP contribution in [0.1, 0.15) is 41.3 Å². The Bertz CT molecular complexity index is 361. The Morgan fingerprint density at radius 1 is 1.44 bits per heavy atom. The maximum atomic E-state index is 11.7. The van der Waals surface area contributed by atoms with Crippen molar-refractivity contribution in [3.05, 3.63) is 34.9 Å². The van der Waals surface area contributed by atoms with Gasteiger partial charge >= 0.3 is 5.97 Å². The van der Waals surface area contributed by atoms with E-state index in [1.165, 1.54) is 5.56 Å². The molecule has 0 N–H and O–H groups in total. The van der Waals surface area contributed by atoms with E-state index in [4.69, 9.17) is 4.74 Å². The summed E-state index contributed by atoms with van der Waals surface area (Å²) in [6.45, 7) is 4.52. The second-order valence-corrected chi connectivity index (χ2v) is 4.33. The first kappa shape index (κ1) is 13.2. The lowest BCUT2D eigenvalue weighted by Gasteiger charge is -2.07. The summed E-state index contributed by atoms with van der Waals surface area (Å²) in [5.41, 5.74) is 2.81. The van der Waals surface area contributed by atoms with E-state index in [1.54, 1.807) is 0 Å². The van der Waals surface area contributed by atoms with Crippen LogP contribution < -0.4 is 0 Å². The minimum atomic E-state index is -0.216. The molecule has 0 spiro atoms. The molecule has 1 rings (SSSR count). The second kappa shape index (κ2) is 6.69. The third kappa shape index (κ3) is 3.63. The van der Waals surface area contributed by atoms with Crippen molar-refractivity contribution >= 4 is 21.9 Å². The molecule has 1 aromatic rings. The topological polar surface area (TPSA) is 26.3 Å².